The summed E-state index contributed by atoms with van der Waals surface area (Å²) in [5.41, 5.74) is 1.52. The molecule has 41 heavy (non-hydrogen) atoms. The summed E-state index contributed by atoms with van der Waals surface area (Å²) in [6.45, 7) is 1.93. The smallest absolute Gasteiger partial charge is 0.379 e. The second kappa shape index (κ2) is 12.3. The Hall–Kier alpha value is -3.96. The highest BCUT2D eigenvalue weighted by Gasteiger charge is 2.33. The number of allylic oxidation sites excluding steroid dienone is 1. The summed E-state index contributed by atoms with van der Waals surface area (Å²) < 4.78 is 22.7. The van der Waals surface area contributed by atoms with E-state index in [1.54, 1.807) is 61.5 Å². The molecule has 9 nitrogen and oxygen atoms in total. The third kappa shape index (κ3) is 6.06. The van der Waals surface area contributed by atoms with E-state index in [4.69, 9.17) is 41.8 Å². The van der Waals surface area contributed by atoms with Crippen molar-refractivity contribution in [2.45, 2.75) is 13.0 Å². The van der Waals surface area contributed by atoms with Crippen molar-refractivity contribution in [2.24, 2.45) is 4.99 Å². The quantitative estimate of drug-likeness (QED) is 0.163. The van der Waals surface area contributed by atoms with Crippen molar-refractivity contribution in [3.8, 4) is 5.75 Å². The first kappa shape index (κ1) is 28.6. The van der Waals surface area contributed by atoms with Crippen LogP contribution < -0.4 is 19.6 Å². The van der Waals surface area contributed by atoms with Gasteiger partial charge in [-0.05, 0) is 60.5 Å². The van der Waals surface area contributed by atoms with Crippen molar-refractivity contribution >= 4 is 52.6 Å². The van der Waals surface area contributed by atoms with Gasteiger partial charge in [0, 0.05) is 7.11 Å². The number of carbonyl (C=O) groups excluding carboxylic acids is 2. The van der Waals surface area contributed by atoms with Crippen LogP contribution in [0.25, 0.3) is 6.08 Å². The van der Waals surface area contributed by atoms with E-state index in [-0.39, 0.29) is 35.9 Å². The summed E-state index contributed by atoms with van der Waals surface area (Å²) in [5.74, 6) is -0.966. The van der Waals surface area contributed by atoms with E-state index >= 15 is 0 Å². The average molecular weight is 613 g/mol. The molecule has 0 N–H and O–H groups in total. The standard InChI is InChI=1S/C29H22Cl2N2O7S/c1-16-24(28(36)39-13-12-37-2)25(18-6-8-19(9-7-18)40-27(35)22-4-3-11-38-22)33-26(34)23(41-29(33)32-16)15-17-5-10-20(30)21(31)14-17/h3-11,14-15,25H,12-13H2,1-2H3/b23-15+. The van der Waals surface area contributed by atoms with Gasteiger partial charge in [-0.3, -0.25) is 9.36 Å². The number of halogens is 2. The number of carbonyl (C=O) groups is 2. The second-order valence-corrected chi connectivity index (χ2v) is 10.6. The number of nitrogens with zero attached hydrogens (tertiary/aromatic N) is 2. The van der Waals surface area contributed by atoms with Crippen molar-refractivity contribution in [3.63, 3.8) is 0 Å². The van der Waals surface area contributed by atoms with E-state index < -0.39 is 18.0 Å². The second-order valence-electron chi connectivity index (χ2n) is 8.82. The number of hydrogen-bond donors (Lipinski definition) is 0. The van der Waals surface area contributed by atoms with Crippen molar-refractivity contribution in [2.75, 3.05) is 20.3 Å². The van der Waals surface area contributed by atoms with E-state index in [1.165, 1.54) is 35.3 Å². The van der Waals surface area contributed by atoms with Gasteiger partial charge in [0.2, 0.25) is 5.76 Å². The van der Waals surface area contributed by atoms with Gasteiger partial charge in [0.15, 0.2) is 4.80 Å². The summed E-state index contributed by atoms with van der Waals surface area (Å²) in [4.78, 5) is 44.3. The van der Waals surface area contributed by atoms with Gasteiger partial charge in [-0.15, -0.1) is 0 Å². The predicted molar refractivity (Wildman–Crippen MR) is 153 cm³/mol. The topological polar surface area (TPSA) is 109 Å². The lowest BCUT2D eigenvalue weighted by Crippen LogP contribution is -2.40. The maximum atomic E-state index is 13.8. The van der Waals surface area contributed by atoms with Gasteiger partial charge < -0.3 is 18.6 Å². The summed E-state index contributed by atoms with van der Waals surface area (Å²) >= 11 is 13.4. The molecule has 1 aliphatic rings. The minimum Gasteiger partial charge on any atom is -0.460 e. The molecule has 0 bridgehead atoms. The van der Waals surface area contributed by atoms with E-state index in [9.17, 15) is 14.4 Å². The summed E-state index contributed by atoms with van der Waals surface area (Å²) in [6, 6.07) is 13.8. The molecule has 0 saturated carbocycles. The van der Waals surface area contributed by atoms with E-state index in [0.717, 1.165) is 0 Å². The predicted octanol–water partition coefficient (Wildman–Crippen LogP) is 4.54. The Bertz CT molecular complexity index is 1820. The van der Waals surface area contributed by atoms with Crippen LogP contribution in [0.1, 0.15) is 34.6 Å². The molecule has 0 saturated heterocycles. The van der Waals surface area contributed by atoms with Gasteiger partial charge >= 0.3 is 11.9 Å². The van der Waals surface area contributed by atoms with Crippen LogP contribution in [0, 0.1) is 0 Å². The van der Waals surface area contributed by atoms with Crippen molar-refractivity contribution in [1.29, 1.82) is 0 Å². The SMILES string of the molecule is COCCOC(=O)C1=C(C)N=c2s/c(=C/c3ccc(Cl)c(Cl)c3)c(=O)n2C1c1ccc(OC(=O)c2ccco2)cc1. The number of fused-ring (bicyclic) bond motifs is 1. The maximum Gasteiger partial charge on any atom is 0.379 e. The van der Waals surface area contributed by atoms with Crippen LogP contribution in [0.2, 0.25) is 10.0 Å². The number of benzene rings is 2. The number of hydrogen-bond acceptors (Lipinski definition) is 9. The van der Waals surface area contributed by atoms with Gasteiger partial charge in [-0.25, -0.2) is 14.6 Å². The largest absolute Gasteiger partial charge is 0.460 e. The molecule has 1 unspecified atom stereocenters. The molecule has 4 aromatic rings. The summed E-state index contributed by atoms with van der Waals surface area (Å²) in [7, 11) is 1.50. The van der Waals surface area contributed by atoms with Crippen LogP contribution in [0.15, 0.2) is 86.3 Å². The first-order valence-electron chi connectivity index (χ1n) is 12.3. The zero-order chi connectivity index (χ0) is 29.1. The fraction of sp³-hybridized carbons (Fsp3) is 0.172. The zero-order valence-electron chi connectivity index (χ0n) is 21.8. The highest BCUT2D eigenvalue weighted by molar-refractivity contribution is 7.07. The Morgan fingerprint density at radius 1 is 1.07 bits per heavy atom. The molecule has 0 amide bonds. The molecule has 1 atom stereocenters. The maximum absolute atomic E-state index is 13.8. The minimum absolute atomic E-state index is 0.0300. The number of ether oxygens (including phenoxy) is 3. The van der Waals surface area contributed by atoms with Gasteiger partial charge in [-0.2, -0.15) is 0 Å². The zero-order valence-corrected chi connectivity index (χ0v) is 24.1. The van der Waals surface area contributed by atoms with Gasteiger partial charge in [0.05, 0.1) is 44.8 Å². The van der Waals surface area contributed by atoms with E-state index in [2.05, 4.69) is 4.99 Å². The number of aromatic nitrogens is 1. The Balaban J connectivity index is 1.57. The van der Waals surface area contributed by atoms with Gasteiger partial charge in [0.25, 0.3) is 5.56 Å². The van der Waals surface area contributed by atoms with Crippen LogP contribution in [-0.2, 0) is 14.3 Å². The van der Waals surface area contributed by atoms with Crippen molar-refractivity contribution < 1.29 is 28.2 Å². The molecule has 12 heteroatoms. The van der Waals surface area contributed by atoms with Crippen LogP contribution in [0.4, 0.5) is 0 Å². The third-order valence-electron chi connectivity index (χ3n) is 6.13. The molecule has 0 aliphatic carbocycles. The lowest BCUT2D eigenvalue weighted by atomic mass is 9.96. The highest BCUT2D eigenvalue weighted by atomic mass is 35.5. The Morgan fingerprint density at radius 3 is 2.54 bits per heavy atom. The Morgan fingerprint density at radius 2 is 1.85 bits per heavy atom. The van der Waals surface area contributed by atoms with E-state index in [1.807, 2.05) is 0 Å². The molecule has 210 valence electrons. The minimum atomic E-state index is -0.855. The fourth-order valence-corrected chi connectivity index (χ4v) is 5.57. The summed E-state index contributed by atoms with van der Waals surface area (Å²) in [5, 5.41) is 0.756. The van der Waals surface area contributed by atoms with Crippen molar-refractivity contribution in [3.05, 3.63) is 119 Å². The number of rotatable bonds is 8. The molecule has 0 radical (unpaired) electrons. The average Bonchev–Trinajstić information content (AvgIpc) is 3.59. The van der Waals surface area contributed by atoms with Gasteiger partial charge in [-0.1, -0.05) is 52.7 Å². The normalized spacial score (nSPS) is 14.9. The first-order valence-corrected chi connectivity index (χ1v) is 13.8. The molecule has 1 aliphatic heterocycles. The molecule has 3 heterocycles. The number of methoxy groups -OCH3 is 1. The Kier molecular flexibility index (Phi) is 8.55. The monoisotopic (exact) mass is 612 g/mol. The number of furan rings is 1. The van der Waals surface area contributed by atoms with Crippen molar-refractivity contribution in [1.82, 2.24) is 4.57 Å². The third-order valence-corrected chi connectivity index (χ3v) is 7.85. The lowest BCUT2D eigenvalue weighted by Gasteiger charge is -2.25. The fourth-order valence-electron chi connectivity index (χ4n) is 4.22. The van der Waals surface area contributed by atoms with Crippen LogP contribution in [0.5, 0.6) is 5.75 Å². The molecular formula is C29H22Cl2N2O7S. The van der Waals surface area contributed by atoms with Gasteiger partial charge in [0.1, 0.15) is 12.4 Å². The number of thiazole rings is 1. The molecule has 2 aromatic carbocycles. The molecule has 0 spiro atoms. The lowest BCUT2D eigenvalue weighted by molar-refractivity contribution is -0.140. The number of esters is 2. The molecule has 0 fully saturated rings. The van der Waals surface area contributed by atoms with Crippen LogP contribution in [-0.4, -0.2) is 36.8 Å². The first-order chi connectivity index (χ1) is 19.8. The molecule has 2 aromatic heterocycles. The molecule has 5 rings (SSSR count). The van der Waals surface area contributed by atoms with Crippen LogP contribution >= 0.6 is 34.5 Å². The van der Waals surface area contributed by atoms with E-state index in [0.29, 0.717) is 36.2 Å². The highest BCUT2D eigenvalue weighted by Crippen LogP contribution is 2.32. The van der Waals surface area contributed by atoms with Crippen LogP contribution in [0.3, 0.4) is 0 Å². The Labute approximate surface area is 247 Å². The summed E-state index contributed by atoms with van der Waals surface area (Å²) in [6.07, 6.45) is 3.06. The molecular weight excluding hydrogens is 591 g/mol.